The Kier molecular flexibility index (Phi) is 7.85. The molecule has 0 aliphatic carbocycles. The number of piperazine rings is 1. The average Bonchev–Trinajstić information content (AvgIpc) is 3.28. The van der Waals surface area contributed by atoms with Crippen molar-refractivity contribution >= 4 is 6.09 Å². The van der Waals surface area contributed by atoms with E-state index in [-0.39, 0.29) is 12.2 Å². The van der Waals surface area contributed by atoms with E-state index in [1.54, 1.807) is 4.90 Å². The van der Waals surface area contributed by atoms with Crippen molar-refractivity contribution in [1.82, 2.24) is 24.8 Å². The second-order valence-electron chi connectivity index (χ2n) is 10.3. The van der Waals surface area contributed by atoms with Crippen molar-refractivity contribution < 1.29 is 18.8 Å². The first-order valence-corrected chi connectivity index (χ1v) is 12.2. The van der Waals surface area contributed by atoms with Gasteiger partial charge in [0.25, 0.3) is 5.89 Å². The van der Waals surface area contributed by atoms with Crippen LogP contribution in [-0.2, 0) is 22.6 Å². The van der Waals surface area contributed by atoms with Gasteiger partial charge in [0, 0.05) is 51.4 Å². The van der Waals surface area contributed by atoms with Crippen molar-refractivity contribution in [3.05, 3.63) is 35.7 Å². The highest BCUT2D eigenvalue weighted by Gasteiger charge is 2.27. The Bertz CT molecular complexity index is 924. The monoisotopic (exact) mass is 471 g/mol. The summed E-state index contributed by atoms with van der Waals surface area (Å²) in [6.45, 7) is 12.6. The standard InChI is InChI=1S/C25H37N5O4/c1-25(2,3)33-24(31)30-11-9-21(10-12-30)32-18-22-26-23(34-27-22)20-7-5-19(6-8-20)17-29-15-13-28(4)14-16-29/h5-8,21H,9-18H2,1-4H3. The fraction of sp³-hybridized carbons (Fsp3) is 0.640. The van der Waals surface area contributed by atoms with Gasteiger partial charge in [-0.2, -0.15) is 4.98 Å². The van der Waals surface area contributed by atoms with Gasteiger partial charge < -0.3 is 23.8 Å². The number of carbonyl (C=O) groups excluding carboxylic acids is 1. The number of aromatic nitrogens is 2. The number of likely N-dealkylation sites (tertiary alicyclic amines) is 1. The number of hydrogen-bond acceptors (Lipinski definition) is 8. The SMILES string of the molecule is CN1CCN(Cc2ccc(-c3nc(COC4CCN(C(=O)OC(C)(C)C)CC4)no3)cc2)CC1. The third-order valence-electron chi connectivity index (χ3n) is 6.21. The zero-order chi connectivity index (χ0) is 24.1. The molecule has 0 atom stereocenters. The molecule has 2 aromatic rings. The molecule has 9 heteroatoms. The highest BCUT2D eigenvalue weighted by Crippen LogP contribution is 2.21. The topological polar surface area (TPSA) is 84.2 Å². The van der Waals surface area contributed by atoms with E-state index in [1.807, 2.05) is 32.9 Å². The molecule has 0 radical (unpaired) electrons. The lowest BCUT2D eigenvalue weighted by Gasteiger charge is -2.33. The van der Waals surface area contributed by atoms with Crippen molar-refractivity contribution in [2.24, 2.45) is 0 Å². The second kappa shape index (κ2) is 10.8. The van der Waals surface area contributed by atoms with Gasteiger partial charge in [-0.3, -0.25) is 4.90 Å². The van der Waals surface area contributed by atoms with Gasteiger partial charge in [-0.1, -0.05) is 17.3 Å². The van der Waals surface area contributed by atoms with E-state index in [4.69, 9.17) is 14.0 Å². The number of benzene rings is 1. The number of likely N-dealkylation sites (N-methyl/N-ethyl adjacent to an activating group) is 1. The molecule has 0 N–H and O–H groups in total. The first kappa shape index (κ1) is 24.6. The Morgan fingerprint density at radius 3 is 2.38 bits per heavy atom. The van der Waals surface area contributed by atoms with E-state index in [0.29, 0.717) is 31.4 Å². The Hall–Kier alpha value is -2.49. The van der Waals surface area contributed by atoms with Crippen molar-refractivity contribution in [2.75, 3.05) is 46.3 Å². The quantitative estimate of drug-likeness (QED) is 0.634. The van der Waals surface area contributed by atoms with E-state index >= 15 is 0 Å². The Morgan fingerprint density at radius 1 is 1.06 bits per heavy atom. The maximum Gasteiger partial charge on any atom is 0.410 e. The zero-order valence-corrected chi connectivity index (χ0v) is 20.8. The number of ether oxygens (including phenoxy) is 2. The summed E-state index contributed by atoms with van der Waals surface area (Å²) in [5.74, 6) is 1.04. The van der Waals surface area contributed by atoms with Crippen molar-refractivity contribution in [1.29, 1.82) is 0 Å². The number of carbonyl (C=O) groups is 1. The molecule has 186 valence electrons. The zero-order valence-electron chi connectivity index (χ0n) is 20.8. The van der Waals surface area contributed by atoms with E-state index in [2.05, 4.69) is 39.1 Å². The Balaban J connectivity index is 1.21. The van der Waals surface area contributed by atoms with Gasteiger partial charge in [0.15, 0.2) is 5.82 Å². The predicted octanol–water partition coefficient (Wildman–Crippen LogP) is 3.40. The highest BCUT2D eigenvalue weighted by atomic mass is 16.6. The minimum atomic E-state index is -0.480. The molecule has 9 nitrogen and oxygen atoms in total. The minimum absolute atomic E-state index is 0.0643. The van der Waals surface area contributed by atoms with Gasteiger partial charge in [-0.15, -0.1) is 0 Å². The van der Waals surface area contributed by atoms with Crippen LogP contribution in [0.25, 0.3) is 11.5 Å². The number of piperidine rings is 1. The molecule has 1 aromatic carbocycles. The van der Waals surface area contributed by atoms with Crippen molar-refractivity contribution in [3.63, 3.8) is 0 Å². The molecule has 0 spiro atoms. The molecule has 2 saturated heterocycles. The fourth-order valence-electron chi connectivity index (χ4n) is 4.17. The van der Waals surface area contributed by atoms with Crippen LogP contribution in [-0.4, -0.2) is 89.0 Å². The van der Waals surface area contributed by atoms with Crippen LogP contribution < -0.4 is 0 Å². The van der Waals surface area contributed by atoms with Crippen LogP contribution in [0.3, 0.4) is 0 Å². The van der Waals surface area contributed by atoms with Gasteiger partial charge in [0.05, 0.1) is 6.10 Å². The van der Waals surface area contributed by atoms with Crippen LogP contribution in [0.15, 0.2) is 28.8 Å². The Morgan fingerprint density at radius 2 is 1.74 bits per heavy atom. The lowest BCUT2D eigenvalue weighted by Crippen LogP contribution is -2.43. The lowest BCUT2D eigenvalue weighted by molar-refractivity contribution is -0.0190. The number of nitrogens with zero attached hydrogens (tertiary/aromatic N) is 5. The van der Waals surface area contributed by atoms with Crippen LogP contribution in [0.4, 0.5) is 4.79 Å². The minimum Gasteiger partial charge on any atom is -0.444 e. The smallest absolute Gasteiger partial charge is 0.410 e. The first-order chi connectivity index (χ1) is 16.2. The summed E-state index contributed by atoms with van der Waals surface area (Å²) in [5, 5.41) is 4.08. The molecule has 0 bridgehead atoms. The summed E-state index contributed by atoms with van der Waals surface area (Å²) in [5.41, 5.74) is 1.71. The van der Waals surface area contributed by atoms with Crippen molar-refractivity contribution in [2.45, 2.75) is 58.5 Å². The molecule has 4 rings (SSSR count). The van der Waals surface area contributed by atoms with Gasteiger partial charge in [-0.05, 0) is 58.4 Å². The molecule has 1 aromatic heterocycles. The lowest BCUT2D eigenvalue weighted by atomic mass is 10.1. The summed E-state index contributed by atoms with van der Waals surface area (Å²) >= 11 is 0. The number of amides is 1. The third-order valence-corrected chi connectivity index (χ3v) is 6.21. The van der Waals surface area contributed by atoms with Crippen LogP contribution in [0.5, 0.6) is 0 Å². The molecule has 3 heterocycles. The summed E-state index contributed by atoms with van der Waals surface area (Å²) in [7, 11) is 2.17. The van der Waals surface area contributed by atoms with Crippen LogP contribution >= 0.6 is 0 Å². The number of hydrogen-bond donors (Lipinski definition) is 0. The summed E-state index contributed by atoms with van der Waals surface area (Å²) in [6.07, 6.45) is 1.33. The van der Waals surface area contributed by atoms with Gasteiger partial charge in [0.1, 0.15) is 12.2 Å². The molecular weight excluding hydrogens is 434 g/mol. The summed E-state index contributed by atoms with van der Waals surface area (Å²) in [4.78, 5) is 23.3. The normalized spacial score (nSPS) is 18.9. The first-order valence-electron chi connectivity index (χ1n) is 12.2. The van der Waals surface area contributed by atoms with Gasteiger partial charge in [0.2, 0.25) is 0 Å². The maximum atomic E-state index is 12.2. The molecular formula is C25H37N5O4. The number of rotatable bonds is 6. The van der Waals surface area contributed by atoms with E-state index in [1.165, 1.54) is 5.56 Å². The van der Waals surface area contributed by atoms with E-state index < -0.39 is 5.60 Å². The van der Waals surface area contributed by atoms with Crippen LogP contribution in [0.2, 0.25) is 0 Å². The largest absolute Gasteiger partial charge is 0.444 e. The molecule has 2 aliphatic heterocycles. The predicted molar refractivity (Wildman–Crippen MR) is 128 cm³/mol. The second-order valence-corrected chi connectivity index (χ2v) is 10.3. The molecule has 0 saturated carbocycles. The van der Waals surface area contributed by atoms with Gasteiger partial charge >= 0.3 is 6.09 Å². The Labute approximate surface area is 202 Å². The fourth-order valence-corrected chi connectivity index (χ4v) is 4.17. The molecule has 2 aliphatic rings. The molecule has 1 amide bonds. The molecule has 34 heavy (non-hydrogen) atoms. The van der Waals surface area contributed by atoms with Crippen molar-refractivity contribution in [3.8, 4) is 11.5 Å². The van der Waals surface area contributed by atoms with Crippen LogP contribution in [0.1, 0.15) is 45.0 Å². The summed E-state index contributed by atoms with van der Waals surface area (Å²) < 4.78 is 16.9. The van der Waals surface area contributed by atoms with E-state index in [9.17, 15) is 4.79 Å². The molecule has 2 fully saturated rings. The summed E-state index contributed by atoms with van der Waals surface area (Å²) in [6, 6.07) is 8.34. The average molecular weight is 472 g/mol. The highest BCUT2D eigenvalue weighted by molar-refractivity contribution is 5.68. The third kappa shape index (κ3) is 7.01. The maximum absolute atomic E-state index is 12.2. The van der Waals surface area contributed by atoms with E-state index in [0.717, 1.165) is 51.1 Å². The molecule has 0 unspecified atom stereocenters. The van der Waals surface area contributed by atoms with Gasteiger partial charge in [-0.25, -0.2) is 4.79 Å². The van der Waals surface area contributed by atoms with Crippen LogP contribution in [0, 0.1) is 0 Å².